The van der Waals surface area contributed by atoms with Crippen molar-refractivity contribution in [1.82, 2.24) is 19.9 Å². The van der Waals surface area contributed by atoms with E-state index in [0.717, 1.165) is 50.0 Å². The summed E-state index contributed by atoms with van der Waals surface area (Å²) in [7, 11) is 1.65. The first-order valence-electron chi connectivity index (χ1n) is 9.95. The average molecular weight is 419 g/mol. The van der Waals surface area contributed by atoms with E-state index in [9.17, 15) is 0 Å². The molecule has 0 aromatic carbocycles. The highest BCUT2D eigenvalue weighted by molar-refractivity contribution is 7.15. The van der Waals surface area contributed by atoms with Crippen molar-refractivity contribution in [1.29, 1.82) is 0 Å². The van der Waals surface area contributed by atoms with Gasteiger partial charge in [0.15, 0.2) is 0 Å². The summed E-state index contributed by atoms with van der Waals surface area (Å²) in [5.41, 5.74) is 4.74. The molecule has 0 saturated heterocycles. The molecule has 30 heavy (non-hydrogen) atoms. The molecule has 0 aliphatic heterocycles. The van der Waals surface area contributed by atoms with Crippen molar-refractivity contribution in [2.75, 3.05) is 13.7 Å². The highest BCUT2D eigenvalue weighted by Crippen LogP contribution is 2.47. The minimum absolute atomic E-state index is 0.425. The van der Waals surface area contributed by atoms with Crippen LogP contribution in [0.1, 0.15) is 28.7 Å². The van der Waals surface area contributed by atoms with Gasteiger partial charge in [-0.25, -0.2) is 9.97 Å². The van der Waals surface area contributed by atoms with Crippen LogP contribution in [0, 0.1) is 19.8 Å². The second-order valence-electron chi connectivity index (χ2n) is 7.57. The average Bonchev–Trinajstić information content (AvgIpc) is 3.47. The van der Waals surface area contributed by atoms with Crippen molar-refractivity contribution in [3.8, 4) is 22.1 Å². The molecule has 1 aliphatic rings. The van der Waals surface area contributed by atoms with Gasteiger partial charge in [-0.05, 0) is 50.6 Å². The standard InChI is InChI=1S/C23H22N4O2S/c1-13-22(30-14(2)26-13)18-10-21-20(5-4-8-24-21)27-23(18)29-12-15-9-17(15)19-7-6-16(28-3)11-25-19/h4-8,10-11,15,17H,9,12H2,1-3H3. The van der Waals surface area contributed by atoms with Gasteiger partial charge in [-0.2, -0.15) is 0 Å². The third-order valence-electron chi connectivity index (χ3n) is 5.43. The zero-order valence-corrected chi connectivity index (χ0v) is 17.9. The molecule has 4 heterocycles. The lowest BCUT2D eigenvalue weighted by atomic mass is 10.1. The summed E-state index contributed by atoms with van der Waals surface area (Å²) in [6.07, 6.45) is 4.63. The summed E-state index contributed by atoms with van der Waals surface area (Å²) in [6, 6.07) is 9.92. The lowest BCUT2D eigenvalue weighted by Crippen LogP contribution is -2.04. The number of fused-ring (bicyclic) bond motifs is 1. The van der Waals surface area contributed by atoms with Gasteiger partial charge in [0.25, 0.3) is 0 Å². The highest BCUT2D eigenvalue weighted by atomic mass is 32.1. The van der Waals surface area contributed by atoms with Gasteiger partial charge in [-0.15, -0.1) is 11.3 Å². The van der Waals surface area contributed by atoms with Crippen molar-refractivity contribution in [3.63, 3.8) is 0 Å². The molecule has 0 amide bonds. The second kappa shape index (κ2) is 7.65. The molecule has 7 heteroatoms. The summed E-state index contributed by atoms with van der Waals surface area (Å²) >= 11 is 1.66. The van der Waals surface area contributed by atoms with Crippen LogP contribution in [0.25, 0.3) is 21.5 Å². The van der Waals surface area contributed by atoms with Crippen LogP contribution in [0.2, 0.25) is 0 Å². The fraction of sp³-hybridized carbons (Fsp3) is 0.304. The third kappa shape index (κ3) is 3.61. The first-order valence-corrected chi connectivity index (χ1v) is 10.8. The summed E-state index contributed by atoms with van der Waals surface area (Å²) in [6.45, 7) is 4.66. The van der Waals surface area contributed by atoms with Gasteiger partial charge in [0.05, 0.1) is 52.1 Å². The van der Waals surface area contributed by atoms with E-state index >= 15 is 0 Å². The normalized spacial score (nSPS) is 17.8. The van der Waals surface area contributed by atoms with Crippen LogP contribution in [0.3, 0.4) is 0 Å². The topological polar surface area (TPSA) is 70.0 Å². The molecule has 4 aromatic heterocycles. The number of methoxy groups -OCH3 is 1. The Morgan fingerprint density at radius 2 is 2.00 bits per heavy atom. The second-order valence-corrected chi connectivity index (χ2v) is 8.77. The number of aromatic nitrogens is 4. The van der Waals surface area contributed by atoms with Gasteiger partial charge in [-0.1, -0.05) is 0 Å². The monoisotopic (exact) mass is 418 g/mol. The number of rotatable bonds is 6. The van der Waals surface area contributed by atoms with Crippen LogP contribution in [-0.4, -0.2) is 33.7 Å². The number of hydrogen-bond acceptors (Lipinski definition) is 7. The van der Waals surface area contributed by atoms with Crippen molar-refractivity contribution in [2.45, 2.75) is 26.2 Å². The van der Waals surface area contributed by atoms with Gasteiger partial charge in [-0.3, -0.25) is 9.97 Å². The van der Waals surface area contributed by atoms with E-state index in [1.165, 1.54) is 0 Å². The van der Waals surface area contributed by atoms with Crippen molar-refractivity contribution in [3.05, 3.63) is 59.1 Å². The maximum absolute atomic E-state index is 6.27. The molecular weight excluding hydrogens is 396 g/mol. The SMILES string of the molecule is COc1ccc(C2CC2COc2nc3cccnc3cc2-c2sc(C)nc2C)nc1. The summed E-state index contributed by atoms with van der Waals surface area (Å²) in [5, 5.41) is 1.03. The predicted octanol–water partition coefficient (Wildman–Crippen LogP) is 4.96. The smallest absolute Gasteiger partial charge is 0.222 e. The van der Waals surface area contributed by atoms with Gasteiger partial charge in [0.2, 0.25) is 5.88 Å². The fourth-order valence-corrected chi connectivity index (χ4v) is 4.68. The number of hydrogen-bond donors (Lipinski definition) is 0. The van der Waals surface area contributed by atoms with Crippen LogP contribution in [0.5, 0.6) is 11.6 Å². The zero-order valence-electron chi connectivity index (χ0n) is 17.1. The van der Waals surface area contributed by atoms with Crippen LogP contribution >= 0.6 is 11.3 Å². The third-order valence-corrected chi connectivity index (χ3v) is 6.54. The molecule has 2 unspecified atom stereocenters. The molecule has 0 bridgehead atoms. The Balaban J connectivity index is 1.40. The van der Waals surface area contributed by atoms with Crippen molar-refractivity contribution in [2.24, 2.45) is 5.92 Å². The number of aryl methyl sites for hydroxylation is 2. The van der Waals surface area contributed by atoms with Gasteiger partial charge in [0.1, 0.15) is 5.75 Å². The number of nitrogens with zero attached hydrogens (tertiary/aromatic N) is 4. The van der Waals surface area contributed by atoms with E-state index < -0.39 is 0 Å². The number of pyridine rings is 3. The maximum atomic E-state index is 6.27. The fourth-order valence-electron chi connectivity index (χ4n) is 3.75. The Kier molecular flexibility index (Phi) is 4.83. The first kappa shape index (κ1) is 18.9. The van der Waals surface area contributed by atoms with Crippen LogP contribution in [-0.2, 0) is 0 Å². The summed E-state index contributed by atoms with van der Waals surface area (Å²) in [4.78, 5) is 19.4. The molecule has 1 fully saturated rings. The summed E-state index contributed by atoms with van der Waals surface area (Å²) < 4.78 is 11.5. The minimum Gasteiger partial charge on any atom is -0.495 e. The Bertz CT molecular complexity index is 1210. The Morgan fingerprint density at radius 1 is 1.10 bits per heavy atom. The summed E-state index contributed by atoms with van der Waals surface area (Å²) in [5.74, 6) is 2.29. The van der Waals surface area contributed by atoms with Gasteiger partial charge < -0.3 is 9.47 Å². The van der Waals surface area contributed by atoms with E-state index in [1.807, 2.05) is 38.1 Å². The van der Waals surface area contributed by atoms with Gasteiger partial charge >= 0.3 is 0 Å². The zero-order chi connectivity index (χ0) is 20.7. The molecule has 5 rings (SSSR count). The Hall–Kier alpha value is -3.06. The molecule has 2 atom stereocenters. The largest absolute Gasteiger partial charge is 0.495 e. The molecular formula is C23H22N4O2S. The van der Waals surface area contributed by atoms with E-state index in [2.05, 4.69) is 21.0 Å². The molecule has 0 spiro atoms. The molecule has 4 aromatic rings. The van der Waals surface area contributed by atoms with E-state index in [0.29, 0.717) is 24.3 Å². The quantitative estimate of drug-likeness (QED) is 0.441. The maximum Gasteiger partial charge on any atom is 0.222 e. The Labute approximate surface area is 179 Å². The van der Waals surface area contributed by atoms with Crippen LogP contribution in [0.4, 0.5) is 0 Å². The predicted molar refractivity (Wildman–Crippen MR) is 117 cm³/mol. The molecule has 152 valence electrons. The van der Waals surface area contributed by atoms with Crippen LogP contribution < -0.4 is 9.47 Å². The lowest BCUT2D eigenvalue weighted by Gasteiger charge is -2.11. The van der Waals surface area contributed by atoms with Crippen molar-refractivity contribution < 1.29 is 9.47 Å². The molecule has 1 aliphatic carbocycles. The van der Waals surface area contributed by atoms with E-state index in [-0.39, 0.29) is 0 Å². The van der Waals surface area contributed by atoms with E-state index in [4.69, 9.17) is 14.5 Å². The molecule has 6 nitrogen and oxygen atoms in total. The molecule has 0 radical (unpaired) electrons. The minimum atomic E-state index is 0.425. The van der Waals surface area contributed by atoms with E-state index in [1.54, 1.807) is 30.8 Å². The number of ether oxygens (including phenoxy) is 2. The van der Waals surface area contributed by atoms with Gasteiger partial charge in [0, 0.05) is 23.7 Å². The molecule has 1 saturated carbocycles. The Morgan fingerprint density at radius 3 is 2.73 bits per heavy atom. The first-order chi connectivity index (χ1) is 14.6. The van der Waals surface area contributed by atoms with Crippen LogP contribution in [0.15, 0.2) is 42.7 Å². The number of thiazole rings is 1. The van der Waals surface area contributed by atoms with Crippen molar-refractivity contribution >= 4 is 22.4 Å². The highest BCUT2D eigenvalue weighted by Gasteiger charge is 2.40. The lowest BCUT2D eigenvalue weighted by molar-refractivity contribution is 0.288. The molecule has 0 N–H and O–H groups in total.